The van der Waals surface area contributed by atoms with Crippen molar-refractivity contribution in [2.45, 2.75) is 65.1 Å². The normalized spacial score (nSPS) is 12.0. The lowest BCUT2D eigenvalue weighted by molar-refractivity contribution is -0.143. The molecule has 3 rings (SSSR count). The standard InChI is InChI=1S/C28H34N4O4/c1-5-28(3,4)31-27(35)26(21-13-11-20(2)12-14-21)32(19-22-9-8-18-36-22)25(34)16-15-24(33)30-23-10-6-7-17-29-23/h6-14,17-18,26H,5,15-16,19H2,1-4H3,(H,31,35)(H,29,30,33)/t26-/m0/s1. The van der Waals surface area contributed by atoms with E-state index in [1.165, 1.54) is 11.2 Å². The Bertz CT molecular complexity index is 1140. The minimum atomic E-state index is -0.895. The van der Waals surface area contributed by atoms with Gasteiger partial charge in [0.1, 0.15) is 17.6 Å². The topological polar surface area (TPSA) is 105 Å². The van der Waals surface area contributed by atoms with Crippen LogP contribution < -0.4 is 10.6 Å². The summed E-state index contributed by atoms with van der Waals surface area (Å²) in [7, 11) is 0. The van der Waals surface area contributed by atoms with Crippen LogP contribution in [0.5, 0.6) is 0 Å². The summed E-state index contributed by atoms with van der Waals surface area (Å²) in [5, 5.41) is 5.77. The molecule has 3 amide bonds. The maximum absolute atomic E-state index is 13.6. The second-order valence-corrected chi connectivity index (χ2v) is 9.40. The highest BCUT2D eigenvalue weighted by molar-refractivity contribution is 5.94. The maximum Gasteiger partial charge on any atom is 0.247 e. The molecule has 2 N–H and O–H groups in total. The van der Waals surface area contributed by atoms with Crippen molar-refractivity contribution < 1.29 is 18.8 Å². The molecular weight excluding hydrogens is 456 g/mol. The zero-order valence-corrected chi connectivity index (χ0v) is 21.3. The second-order valence-electron chi connectivity index (χ2n) is 9.40. The van der Waals surface area contributed by atoms with Gasteiger partial charge in [0.05, 0.1) is 12.8 Å². The Morgan fingerprint density at radius 3 is 2.39 bits per heavy atom. The molecule has 0 saturated heterocycles. The Hall–Kier alpha value is -3.94. The second kappa shape index (κ2) is 12.2. The van der Waals surface area contributed by atoms with Gasteiger partial charge in [-0.3, -0.25) is 14.4 Å². The molecule has 0 aliphatic rings. The largest absolute Gasteiger partial charge is 0.467 e. The van der Waals surface area contributed by atoms with Crippen molar-refractivity contribution in [3.8, 4) is 0 Å². The van der Waals surface area contributed by atoms with Gasteiger partial charge in [-0.05, 0) is 57.0 Å². The van der Waals surface area contributed by atoms with Crippen molar-refractivity contribution in [2.24, 2.45) is 0 Å². The van der Waals surface area contributed by atoms with Crippen molar-refractivity contribution in [1.29, 1.82) is 0 Å². The van der Waals surface area contributed by atoms with Crippen LogP contribution >= 0.6 is 0 Å². The van der Waals surface area contributed by atoms with E-state index < -0.39 is 11.6 Å². The first-order valence-corrected chi connectivity index (χ1v) is 12.1. The zero-order valence-electron chi connectivity index (χ0n) is 21.3. The van der Waals surface area contributed by atoms with Crippen LogP contribution in [0.3, 0.4) is 0 Å². The van der Waals surface area contributed by atoms with Crippen molar-refractivity contribution >= 4 is 23.5 Å². The minimum Gasteiger partial charge on any atom is -0.467 e. The smallest absolute Gasteiger partial charge is 0.247 e. The predicted molar refractivity (Wildman–Crippen MR) is 138 cm³/mol. The van der Waals surface area contributed by atoms with E-state index in [-0.39, 0.29) is 37.1 Å². The van der Waals surface area contributed by atoms with Crippen LogP contribution in [0.15, 0.2) is 71.5 Å². The van der Waals surface area contributed by atoms with E-state index >= 15 is 0 Å². The average molecular weight is 491 g/mol. The molecule has 0 spiro atoms. The molecular formula is C28H34N4O4. The Labute approximate surface area is 212 Å². The van der Waals surface area contributed by atoms with Crippen molar-refractivity contribution in [3.63, 3.8) is 0 Å². The summed E-state index contributed by atoms with van der Waals surface area (Å²) in [6.45, 7) is 7.93. The number of rotatable bonds is 11. The third-order valence-electron chi connectivity index (χ3n) is 6.02. The molecule has 3 aromatic rings. The predicted octanol–water partition coefficient (Wildman–Crippen LogP) is 4.78. The first kappa shape index (κ1) is 26.7. The van der Waals surface area contributed by atoms with E-state index in [4.69, 9.17) is 4.42 Å². The number of furan rings is 1. The van der Waals surface area contributed by atoms with Gasteiger partial charge >= 0.3 is 0 Å². The summed E-state index contributed by atoms with van der Waals surface area (Å²) in [4.78, 5) is 45.2. The molecule has 2 heterocycles. The number of pyridine rings is 1. The summed E-state index contributed by atoms with van der Waals surface area (Å²) in [6, 6.07) is 15.3. The van der Waals surface area contributed by atoms with Gasteiger partial charge in [0.15, 0.2) is 0 Å². The van der Waals surface area contributed by atoms with Crippen molar-refractivity contribution in [2.75, 3.05) is 5.32 Å². The Balaban J connectivity index is 1.87. The first-order valence-electron chi connectivity index (χ1n) is 12.1. The van der Waals surface area contributed by atoms with Crippen LogP contribution in [0, 0.1) is 6.92 Å². The van der Waals surface area contributed by atoms with Gasteiger partial charge in [-0.25, -0.2) is 4.98 Å². The SMILES string of the molecule is CCC(C)(C)NC(=O)[C@H](c1ccc(C)cc1)N(Cc1ccco1)C(=O)CCC(=O)Nc1ccccn1. The number of benzene rings is 1. The Morgan fingerprint density at radius 2 is 1.78 bits per heavy atom. The molecule has 0 radical (unpaired) electrons. The summed E-state index contributed by atoms with van der Waals surface area (Å²) < 4.78 is 5.51. The highest BCUT2D eigenvalue weighted by atomic mass is 16.3. The van der Waals surface area contributed by atoms with Gasteiger partial charge in [0, 0.05) is 24.6 Å². The minimum absolute atomic E-state index is 0.0489. The molecule has 1 aromatic carbocycles. The molecule has 0 saturated carbocycles. The van der Waals surface area contributed by atoms with Crippen LogP contribution in [-0.4, -0.2) is 33.1 Å². The van der Waals surface area contributed by atoms with E-state index in [1.54, 1.807) is 36.5 Å². The molecule has 0 aliphatic carbocycles. The lowest BCUT2D eigenvalue weighted by Gasteiger charge is -2.34. The third-order valence-corrected chi connectivity index (χ3v) is 6.02. The highest BCUT2D eigenvalue weighted by Crippen LogP contribution is 2.27. The fourth-order valence-corrected chi connectivity index (χ4v) is 3.61. The quantitative estimate of drug-likeness (QED) is 0.403. The number of aromatic nitrogens is 1. The van der Waals surface area contributed by atoms with Gasteiger partial charge in [-0.1, -0.05) is 42.8 Å². The molecule has 2 aromatic heterocycles. The van der Waals surface area contributed by atoms with Crippen LogP contribution in [-0.2, 0) is 20.9 Å². The van der Waals surface area contributed by atoms with Gasteiger partial charge in [-0.2, -0.15) is 0 Å². The van der Waals surface area contributed by atoms with Gasteiger partial charge in [0.25, 0.3) is 0 Å². The van der Waals surface area contributed by atoms with Crippen LogP contribution in [0.1, 0.15) is 63.0 Å². The summed E-state index contributed by atoms with van der Waals surface area (Å²) in [6.07, 6.45) is 3.70. The van der Waals surface area contributed by atoms with Gasteiger partial charge in [-0.15, -0.1) is 0 Å². The monoisotopic (exact) mass is 490 g/mol. The lowest BCUT2D eigenvalue weighted by Crippen LogP contribution is -2.50. The van der Waals surface area contributed by atoms with Crippen LogP contribution in [0.2, 0.25) is 0 Å². The van der Waals surface area contributed by atoms with E-state index in [0.717, 1.165) is 12.0 Å². The number of carbonyl (C=O) groups excluding carboxylic acids is 3. The summed E-state index contributed by atoms with van der Waals surface area (Å²) in [5.41, 5.74) is 1.27. The van der Waals surface area contributed by atoms with Crippen LogP contribution in [0.4, 0.5) is 5.82 Å². The lowest BCUT2D eigenvalue weighted by atomic mass is 9.97. The number of aryl methyl sites for hydroxylation is 1. The van der Waals surface area contributed by atoms with E-state index in [2.05, 4.69) is 15.6 Å². The Morgan fingerprint density at radius 1 is 1.03 bits per heavy atom. The molecule has 1 atom stereocenters. The van der Waals surface area contributed by atoms with Crippen LogP contribution in [0.25, 0.3) is 0 Å². The van der Waals surface area contributed by atoms with Crippen molar-refractivity contribution in [1.82, 2.24) is 15.2 Å². The molecule has 0 bridgehead atoms. The fraction of sp³-hybridized carbons (Fsp3) is 0.357. The average Bonchev–Trinajstić information content (AvgIpc) is 3.37. The number of hydrogen-bond donors (Lipinski definition) is 2. The van der Waals surface area contributed by atoms with Crippen molar-refractivity contribution in [3.05, 3.63) is 83.9 Å². The molecule has 190 valence electrons. The number of anilines is 1. The molecule has 0 aliphatic heterocycles. The molecule has 0 unspecified atom stereocenters. The highest BCUT2D eigenvalue weighted by Gasteiger charge is 2.34. The Kier molecular flexibility index (Phi) is 9.00. The maximum atomic E-state index is 13.6. The molecule has 8 nitrogen and oxygen atoms in total. The number of hydrogen-bond acceptors (Lipinski definition) is 5. The number of carbonyl (C=O) groups is 3. The molecule has 36 heavy (non-hydrogen) atoms. The third kappa shape index (κ3) is 7.53. The van der Waals surface area contributed by atoms with Gasteiger partial charge in [0.2, 0.25) is 17.7 Å². The molecule has 8 heteroatoms. The zero-order chi connectivity index (χ0) is 26.1. The number of nitrogens with zero attached hydrogens (tertiary/aromatic N) is 2. The van der Waals surface area contributed by atoms with E-state index in [0.29, 0.717) is 17.1 Å². The van der Waals surface area contributed by atoms with E-state index in [9.17, 15) is 14.4 Å². The van der Waals surface area contributed by atoms with E-state index in [1.807, 2.05) is 52.0 Å². The summed E-state index contributed by atoms with van der Waals surface area (Å²) in [5.74, 6) is 0.00615. The molecule has 0 fully saturated rings. The summed E-state index contributed by atoms with van der Waals surface area (Å²) >= 11 is 0. The first-order chi connectivity index (χ1) is 17.2. The van der Waals surface area contributed by atoms with Gasteiger partial charge < -0.3 is 20.0 Å². The fourth-order valence-electron chi connectivity index (χ4n) is 3.61. The number of amides is 3. The number of nitrogens with one attached hydrogen (secondary N) is 2.